The van der Waals surface area contributed by atoms with Gasteiger partial charge in [-0.15, -0.1) is 0 Å². The summed E-state index contributed by atoms with van der Waals surface area (Å²) in [5.41, 5.74) is 1.13. The van der Waals surface area contributed by atoms with Crippen molar-refractivity contribution in [1.82, 2.24) is 10.2 Å². The Morgan fingerprint density at radius 3 is 2.41 bits per heavy atom. The third-order valence-electron chi connectivity index (χ3n) is 4.45. The number of esters is 1. The van der Waals surface area contributed by atoms with Crippen molar-refractivity contribution in [1.29, 1.82) is 0 Å². The molecule has 148 valence electrons. The van der Waals surface area contributed by atoms with E-state index in [-0.39, 0.29) is 43.3 Å². The maximum Gasteiger partial charge on any atom is 0.306 e. The van der Waals surface area contributed by atoms with Crippen LogP contribution in [0.3, 0.4) is 0 Å². The first kappa shape index (κ1) is 20.7. The molecule has 1 aliphatic heterocycles. The number of rotatable bonds is 8. The first-order valence-corrected chi connectivity index (χ1v) is 9.40. The van der Waals surface area contributed by atoms with E-state index in [1.54, 1.807) is 11.8 Å². The predicted octanol–water partition coefficient (Wildman–Crippen LogP) is 1.82. The Morgan fingerprint density at radius 1 is 1.11 bits per heavy atom. The fraction of sp³-hybridized carbons (Fsp3) is 0.550. The van der Waals surface area contributed by atoms with Gasteiger partial charge in [-0.3, -0.25) is 14.4 Å². The summed E-state index contributed by atoms with van der Waals surface area (Å²) in [5.74, 6) is 0.109. The average Bonchev–Trinajstić information content (AvgIpc) is 2.66. The van der Waals surface area contributed by atoms with E-state index in [9.17, 15) is 14.4 Å². The SMILES string of the molecule is CCOC(=O)CCC(=O)N1CCC(NC(=O)COc2ccc(C)cc2)CC1. The van der Waals surface area contributed by atoms with Crippen LogP contribution >= 0.6 is 0 Å². The zero-order valence-corrected chi connectivity index (χ0v) is 16.0. The van der Waals surface area contributed by atoms with Gasteiger partial charge < -0.3 is 19.7 Å². The van der Waals surface area contributed by atoms with Crippen molar-refractivity contribution in [2.75, 3.05) is 26.3 Å². The van der Waals surface area contributed by atoms with Gasteiger partial charge >= 0.3 is 5.97 Å². The van der Waals surface area contributed by atoms with Gasteiger partial charge in [0, 0.05) is 25.6 Å². The lowest BCUT2D eigenvalue weighted by atomic mass is 10.0. The number of hydrogen-bond donors (Lipinski definition) is 1. The van der Waals surface area contributed by atoms with Gasteiger partial charge in [0.05, 0.1) is 13.0 Å². The van der Waals surface area contributed by atoms with Gasteiger partial charge in [0.2, 0.25) is 5.91 Å². The zero-order chi connectivity index (χ0) is 19.6. The quantitative estimate of drug-likeness (QED) is 0.700. The molecule has 1 fully saturated rings. The minimum absolute atomic E-state index is 0.0260. The topological polar surface area (TPSA) is 84.9 Å². The zero-order valence-electron chi connectivity index (χ0n) is 16.0. The Kier molecular flexibility index (Phi) is 8.10. The molecule has 0 aromatic heterocycles. The average molecular weight is 376 g/mol. The molecule has 2 rings (SSSR count). The molecule has 0 unspecified atom stereocenters. The number of nitrogens with zero attached hydrogens (tertiary/aromatic N) is 1. The number of amides is 2. The number of piperidine rings is 1. The molecule has 1 saturated heterocycles. The molecule has 1 aliphatic rings. The molecule has 0 saturated carbocycles. The second-order valence-corrected chi connectivity index (χ2v) is 6.63. The Hall–Kier alpha value is -2.57. The smallest absolute Gasteiger partial charge is 0.306 e. The van der Waals surface area contributed by atoms with E-state index in [2.05, 4.69) is 5.32 Å². The monoisotopic (exact) mass is 376 g/mol. The van der Waals surface area contributed by atoms with Crippen LogP contribution in [-0.4, -0.2) is 55.0 Å². The van der Waals surface area contributed by atoms with Crippen LogP contribution in [0.15, 0.2) is 24.3 Å². The van der Waals surface area contributed by atoms with Crippen LogP contribution in [-0.2, 0) is 19.1 Å². The van der Waals surface area contributed by atoms with Gasteiger partial charge in [0.15, 0.2) is 6.61 Å². The first-order valence-electron chi connectivity index (χ1n) is 9.40. The molecule has 1 N–H and O–H groups in total. The molecular formula is C20H28N2O5. The highest BCUT2D eigenvalue weighted by Gasteiger charge is 2.24. The molecule has 0 atom stereocenters. The number of benzene rings is 1. The molecule has 7 heteroatoms. The van der Waals surface area contributed by atoms with E-state index < -0.39 is 0 Å². The van der Waals surface area contributed by atoms with Crippen LogP contribution in [0.4, 0.5) is 0 Å². The minimum atomic E-state index is -0.346. The largest absolute Gasteiger partial charge is 0.484 e. The van der Waals surface area contributed by atoms with Gasteiger partial charge in [-0.1, -0.05) is 17.7 Å². The van der Waals surface area contributed by atoms with Crippen molar-refractivity contribution >= 4 is 17.8 Å². The lowest BCUT2D eigenvalue weighted by molar-refractivity contribution is -0.146. The molecule has 1 heterocycles. The van der Waals surface area contributed by atoms with E-state index >= 15 is 0 Å². The lowest BCUT2D eigenvalue weighted by Crippen LogP contribution is -2.47. The molecular weight excluding hydrogens is 348 g/mol. The highest BCUT2D eigenvalue weighted by atomic mass is 16.5. The van der Waals surface area contributed by atoms with Gasteiger partial charge in [-0.05, 0) is 38.8 Å². The van der Waals surface area contributed by atoms with Gasteiger partial charge in [-0.2, -0.15) is 0 Å². The third-order valence-corrected chi connectivity index (χ3v) is 4.45. The van der Waals surface area contributed by atoms with Crippen LogP contribution in [0, 0.1) is 6.92 Å². The number of ether oxygens (including phenoxy) is 2. The molecule has 0 spiro atoms. The van der Waals surface area contributed by atoms with Crippen LogP contribution in [0.25, 0.3) is 0 Å². The molecule has 27 heavy (non-hydrogen) atoms. The minimum Gasteiger partial charge on any atom is -0.484 e. The highest BCUT2D eigenvalue weighted by molar-refractivity contribution is 5.81. The Labute approximate surface area is 160 Å². The van der Waals surface area contributed by atoms with E-state index in [1.807, 2.05) is 31.2 Å². The summed E-state index contributed by atoms with van der Waals surface area (Å²) in [6.45, 7) is 5.18. The van der Waals surface area contributed by atoms with Crippen LogP contribution in [0.1, 0.15) is 38.2 Å². The summed E-state index contributed by atoms with van der Waals surface area (Å²) in [5, 5.41) is 2.95. The van der Waals surface area contributed by atoms with Crippen LogP contribution in [0.5, 0.6) is 5.75 Å². The summed E-state index contributed by atoms with van der Waals surface area (Å²) in [6.07, 6.45) is 1.67. The second kappa shape index (κ2) is 10.5. The van der Waals surface area contributed by atoms with E-state index in [0.717, 1.165) is 5.56 Å². The number of nitrogens with one attached hydrogen (secondary N) is 1. The molecule has 2 amide bonds. The highest BCUT2D eigenvalue weighted by Crippen LogP contribution is 2.13. The number of carbonyl (C=O) groups excluding carboxylic acids is 3. The first-order chi connectivity index (χ1) is 13.0. The fourth-order valence-electron chi connectivity index (χ4n) is 2.93. The predicted molar refractivity (Wildman–Crippen MR) is 100 cm³/mol. The van der Waals surface area contributed by atoms with Gasteiger partial charge in [0.25, 0.3) is 5.91 Å². The van der Waals surface area contributed by atoms with Crippen molar-refractivity contribution in [3.05, 3.63) is 29.8 Å². The summed E-state index contributed by atoms with van der Waals surface area (Å²) >= 11 is 0. The second-order valence-electron chi connectivity index (χ2n) is 6.63. The molecule has 7 nitrogen and oxygen atoms in total. The molecule has 0 radical (unpaired) electrons. The molecule has 0 aliphatic carbocycles. The third kappa shape index (κ3) is 7.29. The number of likely N-dealkylation sites (tertiary alicyclic amines) is 1. The number of carbonyl (C=O) groups is 3. The van der Waals surface area contributed by atoms with Crippen molar-refractivity contribution < 1.29 is 23.9 Å². The van der Waals surface area contributed by atoms with Crippen LogP contribution in [0.2, 0.25) is 0 Å². The lowest BCUT2D eigenvalue weighted by Gasteiger charge is -2.32. The molecule has 0 bridgehead atoms. The molecule has 1 aromatic rings. The van der Waals surface area contributed by atoms with Gasteiger partial charge in [-0.25, -0.2) is 0 Å². The van der Waals surface area contributed by atoms with Crippen LogP contribution < -0.4 is 10.1 Å². The summed E-state index contributed by atoms with van der Waals surface area (Å²) in [7, 11) is 0. The van der Waals surface area contributed by atoms with Crippen molar-refractivity contribution in [2.24, 2.45) is 0 Å². The van der Waals surface area contributed by atoms with Gasteiger partial charge in [0.1, 0.15) is 5.75 Å². The van der Waals surface area contributed by atoms with E-state index in [1.165, 1.54) is 0 Å². The van der Waals surface area contributed by atoms with Crippen molar-refractivity contribution in [2.45, 2.75) is 45.6 Å². The van der Waals surface area contributed by atoms with E-state index in [4.69, 9.17) is 9.47 Å². The standard InChI is InChI=1S/C20H28N2O5/c1-3-26-20(25)9-8-19(24)22-12-10-16(11-13-22)21-18(23)14-27-17-6-4-15(2)5-7-17/h4-7,16H,3,8-14H2,1-2H3,(H,21,23). The van der Waals surface area contributed by atoms with E-state index in [0.29, 0.717) is 38.3 Å². The maximum absolute atomic E-state index is 12.1. The summed E-state index contributed by atoms with van der Waals surface area (Å²) in [6, 6.07) is 7.57. The fourth-order valence-corrected chi connectivity index (χ4v) is 2.93. The summed E-state index contributed by atoms with van der Waals surface area (Å²) < 4.78 is 10.3. The number of hydrogen-bond acceptors (Lipinski definition) is 5. The Balaban J connectivity index is 1.64. The Bertz CT molecular complexity index is 636. The maximum atomic E-state index is 12.1. The van der Waals surface area contributed by atoms with Crippen molar-refractivity contribution in [3.63, 3.8) is 0 Å². The summed E-state index contributed by atoms with van der Waals surface area (Å²) in [4.78, 5) is 37.2. The molecule has 1 aromatic carbocycles. The Morgan fingerprint density at radius 2 is 1.78 bits per heavy atom. The van der Waals surface area contributed by atoms with Crippen molar-refractivity contribution in [3.8, 4) is 5.75 Å². The number of aryl methyl sites for hydroxylation is 1. The normalized spacial score (nSPS) is 14.5.